The highest BCUT2D eigenvalue weighted by molar-refractivity contribution is 7.90. The molecule has 1 unspecified atom stereocenters. The molecule has 1 amide bonds. The number of carbonyl (C=O) groups excluding carboxylic acids is 1. The normalized spacial score (nSPS) is 13.4. The van der Waals surface area contributed by atoms with Crippen LogP contribution in [0, 0.1) is 5.92 Å². The van der Waals surface area contributed by atoms with Gasteiger partial charge in [-0.25, -0.2) is 8.42 Å². The zero-order chi connectivity index (χ0) is 16.9. The van der Waals surface area contributed by atoms with Gasteiger partial charge in [0.25, 0.3) is 5.91 Å². The third kappa shape index (κ3) is 6.15. The van der Waals surface area contributed by atoms with E-state index in [0.29, 0.717) is 11.5 Å². The number of nitrogens with one attached hydrogen (secondary N) is 1. The van der Waals surface area contributed by atoms with Gasteiger partial charge in [-0.15, -0.1) is 0 Å². The van der Waals surface area contributed by atoms with Gasteiger partial charge >= 0.3 is 0 Å². The van der Waals surface area contributed by atoms with Gasteiger partial charge in [0.1, 0.15) is 0 Å². The van der Waals surface area contributed by atoms with Crippen molar-refractivity contribution in [1.29, 1.82) is 0 Å². The van der Waals surface area contributed by atoms with Crippen molar-refractivity contribution in [2.24, 2.45) is 5.92 Å². The Balaban J connectivity index is 2.81. The molecule has 0 saturated heterocycles. The number of rotatable bonds is 7. The van der Waals surface area contributed by atoms with E-state index < -0.39 is 9.84 Å². The molecule has 1 N–H and O–H groups in total. The van der Waals surface area contributed by atoms with Crippen LogP contribution in [0.1, 0.15) is 30.6 Å². The molecular weight excluding hydrogens is 300 g/mol. The Labute approximate surface area is 133 Å². The van der Waals surface area contributed by atoms with Crippen LogP contribution in [0.2, 0.25) is 0 Å². The van der Waals surface area contributed by atoms with Crippen LogP contribution in [0.15, 0.2) is 29.2 Å². The lowest BCUT2D eigenvalue weighted by molar-refractivity contribution is 0.0924. The molecule has 1 aromatic carbocycles. The van der Waals surface area contributed by atoms with Gasteiger partial charge in [0.2, 0.25) is 0 Å². The van der Waals surface area contributed by atoms with E-state index in [1.807, 2.05) is 19.0 Å². The van der Waals surface area contributed by atoms with Crippen molar-refractivity contribution in [3.63, 3.8) is 0 Å². The van der Waals surface area contributed by atoms with Crippen molar-refractivity contribution in [3.8, 4) is 0 Å². The molecule has 124 valence electrons. The summed E-state index contributed by atoms with van der Waals surface area (Å²) in [5.74, 6) is 0.311. The van der Waals surface area contributed by atoms with Crippen molar-refractivity contribution in [3.05, 3.63) is 29.8 Å². The Hall–Kier alpha value is -1.40. The molecule has 6 heteroatoms. The first-order valence-corrected chi connectivity index (χ1v) is 9.24. The fourth-order valence-electron chi connectivity index (χ4n) is 2.31. The lowest BCUT2D eigenvalue weighted by Gasteiger charge is -2.24. The van der Waals surface area contributed by atoms with Gasteiger partial charge in [0.05, 0.1) is 4.90 Å². The minimum absolute atomic E-state index is 0.0667. The van der Waals surface area contributed by atoms with Crippen molar-refractivity contribution < 1.29 is 13.2 Å². The van der Waals surface area contributed by atoms with E-state index in [9.17, 15) is 13.2 Å². The quantitative estimate of drug-likeness (QED) is 0.830. The van der Waals surface area contributed by atoms with E-state index in [1.165, 1.54) is 12.1 Å². The molecule has 0 aliphatic carbocycles. The van der Waals surface area contributed by atoms with Gasteiger partial charge < -0.3 is 10.2 Å². The Morgan fingerprint density at radius 3 is 2.14 bits per heavy atom. The summed E-state index contributed by atoms with van der Waals surface area (Å²) >= 11 is 0. The maximum atomic E-state index is 12.3. The number of benzene rings is 1. The zero-order valence-electron chi connectivity index (χ0n) is 14.0. The number of carbonyl (C=O) groups is 1. The summed E-state index contributed by atoms with van der Waals surface area (Å²) in [5, 5.41) is 3.02. The lowest BCUT2D eigenvalue weighted by Crippen LogP contribution is -2.42. The topological polar surface area (TPSA) is 66.5 Å². The molecule has 0 radical (unpaired) electrons. The molecule has 0 aliphatic rings. The average Bonchev–Trinajstić information content (AvgIpc) is 2.36. The molecule has 1 aromatic rings. The van der Waals surface area contributed by atoms with Gasteiger partial charge in [-0.1, -0.05) is 13.8 Å². The maximum absolute atomic E-state index is 12.3. The van der Waals surface area contributed by atoms with Crippen LogP contribution in [0.4, 0.5) is 0 Å². The van der Waals surface area contributed by atoms with E-state index in [-0.39, 0.29) is 16.8 Å². The third-order valence-electron chi connectivity index (χ3n) is 3.22. The van der Waals surface area contributed by atoms with Crippen LogP contribution in [0.5, 0.6) is 0 Å². The van der Waals surface area contributed by atoms with Crippen LogP contribution >= 0.6 is 0 Å². The zero-order valence-corrected chi connectivity index (χ0v) is 14.8. The first-order chi connectivity index (χ1) is 10.1. The smallest absolute Gasteiger partial charge is 0.251 e. The van der Waals surface area contributed by atoms with E-state index in [0.717, 1.165) is 19.2 Å². The van der Waals surface area contributed by atoms with Crippen molar-refractivity contribution in [2.75, 3.05) is 26.9 Å². The largest absolute Gasteiger partial charge is 0.348 e. The monoisotopic (exact) mass is 326 g/mol. The van der Waals surface area contributed by atoms with Gasteiger partial charge in [0, 0.05) is 24.4 Å². The molecule has 0 saturated carbocycles. The number of hydrogen-bond donors (Lipinski definition) is 1. The molecule has 0 aliphatic heterocycles. The molecule has 22 heavy (non-hydrogen) atoms. The molecule has 1 atom stereocenters. The summed E-state index contributed by atoms with van der Waals surface area (Å²) in [4.78, 5) is 14.6. The third-order valence-corrected chi connectivity index (χ3v) is 4.35. The van der Waals surface area contributed by atoms with E-state index in [4.69, 9.17) is 0 Å². The fourth-order valence-corrected chi connectivity index (χ4v) is 2.94. The van der Waals surface area contributed by atoms with E-state index >= 15 is 0 Å². The number of amides is 1. The Morgan fingerprint density at radius 2 is 1.73 bits per heavy atom. The molecule has 0 fully saturated rings. The maximum Gasteiger partial charge on any atom is 0.251 e. The first kappa shape index (κ1) is 18.6. The van der Waals surface area contributed by atoms with Crippen LogP contribution in [-0.4, -0.2) is 52.2 Å². The second-order valence-electron chi connectivity index (χ2n) is 6.36. The number of likely N-dealkylation sites (N-methyl/N-ethyl adjacent to an activating group) is 1. The van der Waals surface area contributed by atoms with Gasteiger partial charge in [-0.05, 0) is 50.7 Å². The van der Waals surface area contributed by atoms with E-state index in [1.54, 1.807) is 12.1 Å². The summed E-state index contributed by atoms with van der Waals surface area (Å²) < 4.78 is 22.9. The summed E-state index contributed by atoms with van der Waals surface area (Å²) in [6.45, 7) is 5.01. The Kier molecular flexibility index (Phi) is 6.56. The highest BCUT2D eigenvalue weighted by atomic mass is 32.2. The second-order valence-corrected chi connectivity index (χ2v) is 8.37. The molecule has 5 nitrogen and oxygen atoms in total. The van der Waals surface area contributed by atoms with Gasteiger partial charge in [-0.2, -0.15) is 0 Å². The van der Waals surface area contributed by atoms with E-state index in [2.05, 4.69) is 19.2 Å². The molecule has 0 heterocycles. The highest BCUT2D eigenvalue weighted by Crippen LogP contribution is 2.11. The molecule has 0 aromatic heterocycles. The summed E-state index contributed by atoms with van der Waals surface area (Å²) in [7, 11) is 0.707. The first-order valence-electron chi connectivity index (χ1n) is 7.35. The average molecular weight is 326 g/mol. The van der Waals surface area contributed by atoms with Crippen LogP contribution in [-0.2, 0) is 9.84 Å². The summed E-state index contributed by atoms with van der Waals surface area (Å²) in [6.07, 6.45) is 2.04. The molecule has 1 rings (SSSR count). The second kappa shape index (κ2) is 7.74. The SMILES string of the molecule is CC(C)CC(CN(C)C)NC(=O)c1ccc(S(C)(=O)=O)cc1. The standard InChI is InChI=1S/C16H26N2O3S/c1-12(2)10-14(11-18(3)4)17-16(19)13-6-8-15(9-7-13)22(5,20)21/h6-9,12,14H,10-11H2,1-5H3,(H,17,19). The Morgan fingerprint density at radius 1 is 1.18 bits per heavy atom. The minimum Gasteiger partial charge on any atom is -0.348 e. The van der Waals surface area contributed by atoms with Crippen LogP contribution in [0.25, 0.3) is 0 Å². The number of nitrogens with zero attached hydrogens (tertiary/aromatic N) is 1. The predicted molar refractivity (Wildman–Crippen MR) is 88.8 cm³/mol. The van der Waals surface area contributed by atoms with Gasteiger partial charge in [-0.3, -0.25) is 4.79 Å². The summed E-state index contributed by atoms with van der Waals surface area (Å²) in [6, 6.07) is 6.10. The Bertz CT molecular complexity index is 582. The number of sulfone groups is 1. The van der Waals surface area contributed by atoms with Crippen LogP contribution in [0.3, 0.4) is 0 Å². The number of hydrogen-bond acceptors (Lipinski definition) is 4. The predicted octanol–water partition coefficient (Wildman–Crippen LogP) is 1.80. The molecular formula is C16H26N2O3S. The minimum atomic E-state index is -3.24. The lowest BCUT2D eigenvalue weighted by atomic mass is 10.0. The van der Waals surface area contributed by atoms with Crippen molar-refractivity contribution >= 4 is 15.7 Å². The van der Waals surface area contributed by atoms with Crippen molar-refractivity contribution in [1.82, 2.24) is 10.2 Å². The van der Waals surface area contributed by atoms with Crippen molar-refractivity contribution in [2.45, 2.75) is 31.2 Å². The molecule has 0 spiro atoms. The van der Waals surface area contributed by atoms with Crippen LogP contribution < -0.4 is 5.32 Å². The van der Waals surface area contributed by atoms with Gasteiger partial charge in [0.15, 0.2) is 9.84 Å². The fraction of sp³-hybridized carbons (Fsp3) is 0.562. The highest BCUT2D eigenvalue weighted by Gasteiger charge is 2.16. The molecule has 0 bridgehead atoms. The summed E-state index contributed by atoms with van der Waals surface area (Å²) in [5.41, 5.74) is 0.472.